The van der Waals surface area contributed by atoms with E-state index in [1.165, 1.54) is 5.54 Å². The average molecular weight is 194 g/mol. The smallest absolute Gasteiger partial charge is 0.0785 e. The zero-order valence-corrected chi connectivity index (χ0v) is 8.05. The van der Waals surface area contributed by atoms with Crippen molar-refractivity contribution in [3.63, 3.8) is 0 Å². The van der Waals surface area contributed by atoms with Gasteiger partial charge >= 0.3 is 0 Å². The first kappa shape index (κ1) is 11.9. The van der Waals surface area contributed by atoms with E-state index < -0.39 is 0 Å². The van der Waals surface area contributed by atoms with Crippen LogP contribution in [-0.2, 0) is 4.74 Å². The third-order valence-corrected chi connectivity index (χ3v) is 1.54. The van der Waals surface area contributed by atoms with Crippen molar-refractivity contribution >= 4 is 11.6 Å². The van der Waals surface area contributed by atoms with Crippen LogP contribution in [0.4, 0.5) is 0 Å². The molecule has 3 nitrogen and oxygen atoms in total. The van der Waals surface area contributed by atoms with Gasteiger partial charge in [0.05, 0.1) is 12.7 Å². The molecule has 0 rings (SSSR count). The molecule has 0 aromatic heterocycles. The number of ether oxygens (including phenoxy) is 1. The molecule has 1 atom stereocenters. The number of halogens is 1. The molecular formula is C8H16ClNO2. The molecule has 0 heterocycles. The number of methoxy groups -OCH3 is 1. The molecule has 0 amide bonds. The van der Waals surface area contributed by atoms with Crippen molar-refractivity contribution in [2.24, 2.45) is 0 Å². The molecule has 0 aromatic rings. The summed E-state index contributed by atoms with van der Waals surface area (Å²) in [6, 6.07) is 0. The van der Waals surface area contributed by atoms with Crippen LogP contribution in [0.25, 0.3) is 0 Å². The molecule has 0 saturated carbocycles. The van der Waals surface area contributed by atoms with Crippen LogP contribution in [0.1, 0.15) is 6.42 Å². The fraction of sp³-hybridized carbons (Fsp3) is 0.750. The summed E-state index contributed by atoms with van der Waals surface area (Å²) in [5.74, 6) is 0. The number of hydrogen-bond donors (Lipinski definition) is 2. The molecule has 1 unspecified atom stereocenters. The number of rotatable bonds is 7. The van der Waals surface area contributed by atoms with Crippen LogP contribution in [0.3, 0.4) is 0 Å². The molecule has 72 valence electrons. The van der Waals surface area contributed by atoms with Gasteiger partial charge in [-0.1, -0.05) is 17.7 Å². The maximum atomic E-state index is 9.20. The van der Waals surface area contributed by atoms with E-state index >= 15 is 0 Å². The molecule has 0 aromatic carbocycles. The minimum Gasteiger partial charge on any atom is -0.391 e. The minimum atomic E-state index is -0.373. The largest absolute Gasteiger partial charge is 0.391 e. The summed E-state index contributed by atoms with van der Waals surface area (Å²) in [5, 5.41) is 12.3. The molecule has 0 spiro atoms. The van der Waals surface area contributed by atoms with Gasteiger partial charge in [0.1, 0.15) is 0 Å². The fourth-order valence-electron chi connectivity index (χ4n) is 0.774. The first-order valence-corrected chi connectivity index (χ1v) is 4.37. The SMILES string of the molecule is COCC(O)CCNC/C=C/Cl. The molecule has 0 radical (unpaired) electrons. The van der Waals surface area contributed by atoms with E-state index in [9.17, 15) is 5.11 Å². The number of aliphatic hydroxyl groups excluding tert-OH is 1. The van der Waals surface area contributed by atoms with Gasteiger partial charge in [-0.2, -0.15) is 0 Å². The molecule has 4 heteroatoms. The molecule has 0 aliphatic heterocycles. The number of aliphatic hydroxyl groups is 1. The lowest BCUT2D eigenvalue weighted by Crippen LogP contribution is -2.23. The Morgan fingerprint density at radius 1 is 1.67 bits per heavy atom. The number of hydrogen-bond acceptors (Lipinski definition) is 3. The Kier molecular flexibility index (Phi) is 8.93. The second-order valence-corrected chi connectivity index (χ2v) is 2.72. The average Bonchev–Trinajstić information content (AvgIpc) is 2.05. The predicted octanol–water partition coefficient (Wildman–Crippen LogP) is 0.726. The Balaban J connectivity index is 3.08. The van der Waals surface area contributed by atoms with Crippen LogP contribution < -0.4 is 5.32 Å². The lowest BCUT2D eigenvalue weighted by molar-refractivity contribution is 0.0596. The fourth-order valence-corrected chi connectivity index (χ4v) is 0.863. The van der Waals surface area contributed by atoms with Crippen molar-refractivity contribution in [1.29, 1.82) is 0 Å². The van der Waals surface area contributed by atoms with Crippen molar-refractivity contribution in [2.75, 3.05) is 26.8 Å². The molecule has 0 saturated heterocycles. The van der Waals surface area contributed by atoms with Crippen LogP contribution in [0.15, 0.2) is 11.6 Å². The van der Waals surface area contributed by atoms with Crippen LogP contribution in [0, 0.1) is 0 Å². The zero-order valence-electron chi connectivity index (χ0n) is 7.29. The van der Waals surface area contributed by atoms with Gasteiger partial charge in [0.25, 0.3) is 0 Å². The maximum Gasteiger partial charge on any atom is 0.0785 e. The zero-order chi connectivity index (χ0) is 9.23. The van der Waals surface area contributed by atoms with Crippen molar-refractivity contribution < 1.29 is 9.84 Å². The Labute approximate surface area is 78.4 Å². The van der Waals surface area contributed by atoms with Crippen molar-refractivity contribution in [2.45, 2.75) is 12.5 Å². The van der Waals surface area contributed by atoms with Gasteiger partial charge in [-0.3, -0.25) is 0 Å². The van der Waals surface area contributed by atoms with E-state index in [0.29, 0.717) is 13.0 Å². The Morgan fingerprint density at radius 2 is 2.42 bits per heavy atom. The van der Waals surface area contributed by atoms with Gasteiger partial charge in [-0.25, -0.2) is 0 Å². The summed E-state index contributed by atoms with van der Waals surface area (Å²) in [5.41, 5.74) is 1.47. The normalized spacial score (nSPS) is 13.9. The highest BCUT2D eigenvalue weighted by Gasteiger charge is 2.00. The van der Waals surface area contributed by atoms with Gasteiger partial charge in [0, 0.05) is 19.2 Å². The second-order valence-electron chi connectivity index (χ2n) is 2.46. The monoisotopic (exact) mass is 193 g/mol. The Bertz CT molecular complexity index is 120. The van der Waals surface area contributed by atoms with Gasteiger partial charge < -0.3 is 15.2 Å². The molecule has 0 aliphatic carbocycles. The van der Waals surface area contributed by atoms with Crippen molar-refractivity contribution in [3.8, 4) is 0 Å². The summed E-state index contributed by atoms with van der Waals surface area (Å²) in [6.07, 6.45) is 2.14. The summed E-state index contributed by atoms with van der Waals surface area (Å²) in [4.78, 5) is 0. The summed E-state index contributed by atoms with van der Waals surface area (Å²) in [6.45, 7) is 1.90. The highest BCUT2D eigenvalue weighted by molar-refractivity contribution is 6.25. The van der Waals surface area contributed by atoms with E-state index in [0.717, 1.165) is 13.1 Å². The van der Waals surface area contributed by atoms with Crippen molar-refractivity contribution in [3.05, 3.63) is 11.6 Å². The van der Waals surface area contributed by atoms with E-state index in [1.807, 2.05) is 6.08 Å². The topological polar surface area (TPSA) is 41.5 Å². The summed E-state index contributed by atoms with van der Waals surface area (Å²) in [7, 11) is 1.58. The molecule has 12 heavy (non-hydrogen) atoms. The van der Waals surface area contributed by atoms with E-state index in [-0.39, 0.29) is 6.10 Å². The van der Waals surface area contributed by atoms with Crippen LogP contribution in [0.2, 0.25) is 0 Å². The molecular weight excluding hydrogens is 178 g/mol. The summed E-state index contributed by atoms with van der Waals surface area (Å²) < 4.78 is 4.77. The molecule has 0 fully saturated rings. The third kappa shape index (κ3) is 8.01. The van der Waals surface area contributed by atoms with Gasteiger partial charge in [0.15, 0.2) is 0 Å². The van der Waals surface area contributed by atoms with Gasteiger partial charge in [-0.15, -0.1) is 0 Å². The quantitative estimate of drug-likeness (QED) is 0.586. The minimum absolute atomic E-state index is 0.373. The predicted molar refractivity (Wildman–Crippen MR) is 50.4 cm³/mol. The molecule has 0 aliphatic rings. The summed E-state index contributed by atoms with van der Waals surface area (Å²) >= 11 is 5.30. The lowest BCUT2D eigenvalue weighted by Gasteiger charge is -2.08. The first-order chi connectivity index (χ1) is 5.81. The molecule has 2 N–H and O–H groups in total. The van der Waals surface area contributed by atoms with Crippen molar-refractivity contribution in [1.82, 2.24) is 5.32 Å². The van der Waals surface area contributed by atoms with E-state index in [4.69, 9.17) is 16.3 Å². The Morgan fingerprint density at radius 3 is 3.00 bits per heavy atom. The second kappa shape index (κ2) is 9.00. The van der Waals surface area contributed by atoms with E-state index in [1.54, 1.807) is 7.11 Å². The molecule has 0 bridgehead atoms. The van der Waals surface area contributed by atoms with Crippen LogP contribution >= 0.6 is 11.6 Å². The van der Waals surface area contributed by atoms with Gasteiger partial charge in [-0.05, 0) is 13.0 Å². The van der Waals surface area contributed by atoms with Gasteiger partial charge in [0.2, 0.25) is 0 Å². The first-order valence-electron chi connectivity index (χ1n) is 3.94. The van der Waals surface area contributed by atoms with Crippen LogP contribution in [-0.4, -0.2) is 38.0 Å². The van der Waals surface area contributed by atoms with Crippen LogP contribution in [0.5, 0.6) is 0 Å². The highest BCUT2D eigenvalue weighted by atomic mass is 35.5. The standard InChI is InChI=1S/C8H16ClNO2/c1-12-7-8(11)3-6-10-5-2-4-9/h2,4,8,10-11H,3,5-7H2,1H3/b4-2+. The third-order valence-electron chi connectivity index (χ3n) is 1.36. The Hall–Kier alpha value is -0.0900. The maximum absolute atomic E-state index is 9.20. The lowest BCUT2D eigenvalue weighted by atomic mass is 10.3. The van der Waals surface area contributed by atoms with E-state index in [2.05, 4.69) is 5.32 Å². The highest BCUT2D eigenvalue weighted by Crippen LogP contribution is 1.89. The number of nitrogens with one attached hydrogen (secondary N) is 1.